The van der Waals surface area contributed by atoms with Crippen molar-refractivity contribution in [3.8, 4) is 0 Å². The molecule has 5 nitrogen and oxygen atoms in total. The van der Waals surface area contributed by atoms with Gasteiger partial charge in [-0.1, -0.05) is 0 Å². The fraction of sp³-hybridized carbons (Fsp3) is 0.667. The molecular formula is C12H17FN4O. The normalized spacial score (nSPS) is 28.6. The highest BCUT2D eigenvalue weighted by Crippen LogP contribution is 2.27. The van der Waals surface area contributed by atoms with E-state index in [4.69, 9.17) is 4.74 Å². The summed E-state index contributed by atoms with van der Waals surface area (Å²) < 4.78 is 18.8. The number of anilines is 1. The van der Waals surface area contributed by atoms with Crippen molar-refractivity contribution in [3.05, 3.63) is 18.2 Å². The highest BCUT2D eigenvalue weighted by molar-refractivity contribution is 5.31. The largest absolute Gasteiger partial charge is 0.370 e. The first-order valence-corrected chi connectivity index (χ1v) is 6.35. The molecule has 2 aliphatic rings. The van der Waals surface area contributed by atoms with E-state index in [1.807, 2.05) is 0 Å². The third-order valence-corrected chi connectivity index (χ3v) is 3.56. The Morgan fingerprint density at radius 1 is 1.39 bits per heavy atom. The minimum absolute atomic E-state index is 0.131. The molecule has 2 fully saturated rings. The zero-order valence-electron chi connectivity index (χ0n) is 10.2. The molecule has 1 N–H and O–H groups in total. The van der Waals surface area contributed by atoms with Crippen LogP contribution in [0.4, 0.5) is 10.3 Å². The summed E-state index contributed by atoms with van der Waals surface area (Å²) in [6.45, 7) is 4.19. The summed E-state index contributed by atoms with van der Waals surface area (Å²) in [5.41, 5.74) is -0.131. The van der Waals surface area contributed by atoms with Crippen molar-refractivity contribution in [2.45, 2.75) is 18.4 Å². The Kier molecular flexibility index (Phi) is 3.13. The van der Waals surface area contributed by atoms with Crippen LogP contribution in [0.25, 0.3) is 0 Å². The maximum atomic E-state index is 12.8. The lowest BCUT2D eigenvalue weighted by Gasteiger charge is -2.44. The molecule has 1 aromatic rings. The molecule has 2 aliphatic heterocycles. The third kappa shape index (κ3) is 2.30. The number of hydrogen-bond acceptors (Lipinski definition) is 5. The minimum atomic E-state index is -0.402. The summed E-state index contributed by atoms with van der Waals surface area (Å²) in [5, 5.41) is 3.37. The van der Waals surface area contributed by atoms with Crippen LogP contribution in [0.2, 0.25) is 0 Å². The molecule has 1 aromatic heterocycles. The molecule has 1 unspecified atom stereocenters. The summed E-state index contributed by atoms with van der Waals surface area (Å²) in [7, 11) is 0. The topological polar surface area (TPSA) is 50.3 Å². The maximum Gasteiger partial charge on any atom is 0.225 e. The van der Waals surface area contributed by atoms with E-state index < -0.39 is 5.82 Å². The number of nitrogens with one attached hydrogen (secondary N) is 1. The van der Waals surface area contributed by atoms with Crippen LogP contribution < -0.4 is 10.2 Å². The van der Waals surface area contributed by atoms with Crippen molar-refractivity contribution in [3.63, 3.8) is 0 Å². The molecule has 18 heavy (non-hydrogen) atoms. The first-order chi connectivity index (χ1) is 8.77. The predicted octanol–water partition coefficient (Wildman–Crippen LogP) is 0.574. The molecule has 0 aromatic carbocycles. The Morgan fingerprint density at radius 3 is 2.94 bits per heavy atom. The lowest BCUT2D eigenvalue weighted by atomic mass is 9.91. The smallest absolute Gasteiger partial charge is 0.225 e. The van der Waals surface area contributed by atoms with Crippen molar-refractivity contribution in [2.24, 2.45) is 0 Å². The fourth-order valence-corrected chi connectivity index (χ4v) is 2.71. The van der Waals surface area contributed by atoms with Crippen LogP contribution in [0.3, 0.4) is 0 Å². The fourth-order valence-electron chi connectivity index (χ4n) is 2.71. The van der Waals surface area contributed by atoms with Crippen molar-refractivity contribution < 1.29 is 9.13 Å². The van der Waals surface area contributed by atoms with Crippen LogP contribution in [0.5, 0.6) is 0 Å². The molecule has 0 aliphatic carbocycles. The Bertz CT molecular complexity index is 400. The van der Waals surface area contributed by atoms with Gasteiger partial charge in [0.25, 0.3) is 0 Å². The second kappa shape index (κ2) is 4.78. The van der Waals surface area contributed by atoms with Gasteiger partial charge in [0.05, 0.1) is 31.1 Å². The van der Waals surface area contributed by atoms with Gasteiger partial charge in [-0.05, 0) is 12.8 Å². The van der Waals surface area contributed by atoms with Gasteiger partial charge < -0.3 is 15.0 Å². The summed E-state index contributed by atoms with van der Waals surface area (Å²) in [5.74, 6) is 0.186. The van der Waals surface area contributed by atoms with Gasteiger partial charge in [0.15, 0.2) is 5.82 Å². The number of aromatic nitrogens is 2. The molecule has 3 rings (SSSR count). The number of rotatable bonds is 1. The second-order valence-corrected chi connectivity index (χ2v) is 4.93. The predicted molar refractivity (Wildman–Crippen MR) is 65.0 cm³/mol. The van der Waals surface area contributed by atoms with E-state index in [1.54, 1.807) is 0 Å². The van der Waals surface area contributed by atoms with Crippen LogP contribution in [0, 0.1) is 5.82 Å². The van der Waals surface area contributed by atoms with Crippen molar-refractivity contribution >= 4 is 5.95 Å². The zero-order valence-corrected chi connectivity index (χ0v) is 10.2. The van der Waals surface area contributed by atoms with Crippen molar-refractivity contribution in [2.75, 3.05) is 37.7 Å². The van der Waals surface area contributed by atoms with E-state index in [-0.39, 0.29) is 5.60 Å². The van der Waals surface area contributed by atoms with Gasteiger partial charge in [-0.3, -0.25) is 0 Å². The van der Waals surface area contributed by atoms with Gasteiger partial charge in [0.2, 0.25) is 5.95 Å². The van der Waals surface area contributed by atoms with E-state index in [9.17, 15) is 4.39 Å². The number of nitrogens with zero attached hydrogens (tertiary/aromatic N) is 3. The molecule has 1 spiro atoms. The van der Waals surface area contributed by atoms with Gasteiger partial charge in [0, 0.05) is 19.6 Å². The molecule has 0 saturated carbocycles. The first kappa shape index (κ1) is 11.8. The molecule has 1 atom stereocenters. The van der Waals surface area contributed by atoms with E-state index >= 15 is 0 Å². The molecular weight excluding hydrogens is 235 g/mol. The molecule has 0 bridgehead atoms. The molecule has 98 valence electrons. The van der Waals surface area contributed by atoms with Crippen LogP contribution in [-0.4, -0.2) is 48.4 Å². The SMILES string of the molecule is Fc1cnc(N2CCCC3(CNCCO3)C2)nc1. The second-order valence-electron chi connectivity index (χ2n) is 4.93. The monoisotopic (exact) mass is 252 g/mol. The molecule has 6 heteroatoms. The molecule has 0 radical (unpaired) electrons. The van der Waals surface area contributed by atoms with E-state index in [0.717, 1.165) is 45.6 Å². The van der Waals surface area contributed by atoms with Crippen LogP contribution in [0.15, 0.2) is 12.4 Å². The van der Waals surface area contributed by atoms with Gasteiger partial charge in [-0.2, -0.15) is 0 Å². The highest BCUT2D eigenvalue weighted by atomic mass is 19.1. The average Bonchev–Trinajstić information content (AvgIpc) is 2.40. The summed E-state index contributed by atoms with van der Waals surface area (Å²) >= 11 is 0. The number of morpholine rings is 1. The van der Waals surface area contributed by atoms with E-state index in [0.29, 0.717) is 5.95 Å². The number of piperidine rings is 1. The zero-order chi connectivity index (χ0) is 12.4. The van der Waals surface area contributed by atoms with Crippen LogP contribution in [0.1, 0.15) is 12.8 Å². The van der Waals surface area contributed by atoms with Gasteiger partial charge in [0.1, 0.15) is 0 Å². The maximum absolute atomic E-state index is 12.8. The Balaban J connectivity index is 1.75. The number of ether oxygens (including phenoxy) is 1. The molecule has 0 amide bonds. The summed E-state index contributed by atoms with van der Waals surface area (Å²) in [6, 6.07) is 0. The summed E-state index contributed by atoms with van der Waals surface area (Å²) in [6.07, 6.45) is 4.52. The van der Waals surface area contributed by atoms with Crippen LogP contribution >= 0.6 is 0 Å². The number of hydrogen-bond donors (Lipinski definition) is 1. The standard InChI is InChI=1S/C12H17FN4O/c13-10-6-15-11(16-7-10)17-4-1-2-12(9-17)8-14-3-5-18-12/h6-7,14H,1-5,8-9H2. The first-order valence-electron chi connectivity index (χ1n) is 6.35. The quantitative estimate of drug-likeness (QED) is 0.792. The minimum Gasteiger partial charge on any atom is -0.370 e. The van der Waals surface area contributed by atoms with Gasteiger partial charge in [-0.15, -0.1) is 0 Å². The number of halogens is 1. The lowest BCUT2D eigenvalue weighted by molar-refractivity contribution is -0.0727. The molecule has 3 heterocycles. The lowest BCUT2D eigenvalue weighted by Crippen LogP contribution is -2.59. The summed E-state index contributed by atoms with van der Waals surface area (Å²) in [4.78, 5) is 10.2. The Hall–Kier alpha value is -1.27. The third-order valence-electron chi connectivity index (χ3n) is 3.56. The van der Waals surface area contributed by atoms with Crippen molar-refractivity contribution in [1.29, 1.82) is 0 Å². The highest BCUT2D eigenvalue weighted by Gasteiger charge is 2.38. The van der Waals surface area contributed by atoms with Gasteiger partial charge in [-0.25, -0.2) is 14.4 Å². The van der Waals surface area contributed by atoms with E-state index in [1.165, 1.54) is 12.4 Å². The van der Waals surface area contributed by atoms with Gasteiger partial charge >= 0.3 is 0 Å². The van der Waals surface area contributed by atoms with Crippen molar-refractivity contribution in [1.82, 2.24) is 15.3 Å². The average molecular weight is 252 g/mol. The Morgan fingerprint density at radius 2 is 2.22 bits per heavy atom. The molecule has 2 saturated heterocycles. The van der Waals surface area contributed by atoms with Crippen LogP contribution in [-0.2, 0) is 4.74 Å². The Labute approximate surface area is 105 Å². The van der Waals surface area contributed by atoms with E-state index in [2.05, 4.69) is 20.2 Å².